The first kappa shape index (κ1) is 15.7. The maximum absolute atomic E-state index is 13.0. The van der Waals surface area contributed by atoms with Crippen LogP contribution in [0.4, 0.5) is 0 Å². The second-order valence-electron chi connectivity index (χ2n) is 5.59. The second kappa shape index (κ2) is 6.54. The summed E-state index contributed by atoms with van der Waals surface area (Å²) in [5.74, 6) is -0.277. The molecule has 3 rings (SSSR count). The number of amides is 2. The van der Waals surface area contributed by atoms with E-state index < -0.39 is 6.04 Å². The predicted molar refractivity (Wildman–Crippen MR) is 92.1 cm³/mol. The lowest BCUT2D eigenvalue weighted by Gasteiger charge is -2.35. The number of nitrogens with zero attached hydrogens (tertiary/aromatic N) is 1. The Morgan fingerprint density at radius 3 is 2.74 bits per heavy atom. The smallest absolute Gasteiger partial charge is 0.256 e. The molecule has 23 heavy (non-hydrogen) atoms. The zero-order valence-electron chi connectivity index (χ0n) is 12.8. The van der Waals surface area contributed by atoms with Crippen molar-refractivity contribution in [3.8, 4) is 0 Å². The summed E-state index contributed by atoms with van der Waals surface area (Å²) in [7, 11) is 0. The van der Waals surface area contributed by atoms with E-state index in [1.165, 1.54) is 0 Å². The van der Waals surface area contributed by atoms with E-state index in [1.54, 1.807) is 11.0 Å². The van der Waals surface area contributed by atoms with Gasteiger partial charge in [-0.05, 0) is 40.5 Å². The van der Waals surface area contributed by atoms with Crippen molar-refractivity contribution in [2.75, 3.05) is 13.1 Å². The third kappa shape index (κ3) is 3.15. The normalized spacial score (nSPS) is 17.7. The quantitative estimate of drug-likeness (QED) is 0.880. The van der Waals surface area contributed by atoms with E-state index in [0.29, 0.717) is 18.7 Å². The molecule has 0 spiro atoms. The van der Waals surface area contributed by atoms with Crippen molar-refractivity contribution in [2.24, 2.45) is 0 Å². The fraction of sp³-hybridized carbons (Fsp3) is 0.222. The zero-order valence-corrected chi connectivity index (χ0v) is 14.3. The molecule has 0 radical (unpaired) electrons. The van der Waals surface area contributed by atoms with Gasteiger partial charge in [0.1, 0.15) is 6.04 Å². The number of piperazine rings is 1. The van der Waals surface area contributed by atoms with E-state index >= 15 is 0 Å². The van der Waals surface area contributed by atoms with Gasteiger partial charge in [0.15, 0.2) is 0 Å². The first-order valence-corrected chi connectivity index (χ1v) is 8.27. The highest BCUT2D eigenvalue weighted by Gasteiger charge is 2.35. The van der Waals surface area contributed by atoms with Crippen LogP contribution >= 0.6 is 15.9 Å². The van der Waals surface area contributed by atoms with Crippen LogP contribution in [-0.2, 0) is 4.79 Å². The highest BCUT2D eigenvalue weighted by atomic mass is 79.9. The Balaban J connectivity index is 2.00. The zero-order chi connectivity index (χ0) is 16.4. The van der Waals surface area contributed by atoms with Crippen molar-refractivity contribution < 1.29 is 9.59 Å². The van der Waals surface area contributed by atoms with Crippen LogP contribution in [0, 0.1) is 6.92 Å². The van der Waals surface area contributed by atoms with Gasteiger partial charge in [-0.1, -0.05) is 42.0 Å². The molecule has 1 fully saturated rings. The topological polar surface area (TPSA) is 49.4 Å². The molecule has 2 aromatic rings. The molecular weight excluding hydrogens is 356 g/mol. The van der Waals surface area contributed by atoms with E-state index in [0.717, 1.165) is 15.6 Å². The summed E-state index contributed by atoms with van der Waals surface area (Å²) < 4.78 is 0.735. The average Bonchev–Trinajstić information content (AvgIpc) is 2.54. The molecule has 1 aliphatic rings. The van der Waals surface area contributed by atoms with Crippen LogP contribution in [0.5, 0.6) is 0 Å². The maximum Gasteiger partial charge on any atom is 0.256 e. The lowest BCUT2D eigenvalue weighted by molar-refractivity contribution is -0.128. The van der Waals surface area contributed by atoms with Gasteiger partial charge in [0.05, 0.1) is 5.56 Å². The van der Waals surface area contributed by atoms with Gasteiger partial charge in [-0.25, -0.2) is 0 Å². The number of hydrogen-bond acceptors (Lipinski definition) is 2. The number of carbonyl (C=O) groups excluding carboxylic acids is 2. The monoisotopic (exact) mass is 372 g/mol. The van der Waals surface area contributed by atoms with Gasteiger partial charge in [0, 0.05) is 17.6 Å². The molecule has 1 heterocycles. The SMILES string of the molecule is Cc1cccc(C2C(=O)NCCN2C(=O)c2ccccc2Br)c1. The van der Waals surface area contributed by atoms with Crippen molar-refractivity contribution in [1.82, 2.24) is 10.2 Å². The molecular formula is C18H17BrN2O2. The Kier molecular flexibility index (Phi) is 4.48. The van der Waals surface area contributed by atoms with Gasteiger partial charge in [0.25, 0.3) is 5.91 Å². The number of halogens is 1. The largest absolute Gasteiger partial charge is 0.352 e. The molecule has 1 saturated heterocycles. The van der Waals surface area contributed by atoms with Gasteiger partial charge in [-0.15, -0.1) is 0 Å². The van der Waals surface area contributed by atoms with Gasteiger partial charge in [-0.2, -0.15) is 0 Å². The van der Waals surface area contributed by atoms with Crippen LogP contribution < -0.4 is 5.32 Å². The Hall–Kier alpha value is -2.14. The van der Waals surface area contributed by atoms with Crippen molar-refractivity contribution in [3.63, 3.8) is 0 Å². The van der Waals surface area contributed by atoms with Gasteiger partial charge < -0.3 is 10.2 Å². The van der Waals surface area contributed by atoms with Crippen LogP contribution in [0.15, 0.2) is 53.0 Å². The van der Waals surface area contributed by atoms with Gasteiger partial charge in [0.2, 0.25) is 5.91 Å². The minimum absolute atomic E-state index is 0.137. The highest BCUT2D eigenvalue weighted by Crippen LogP contribution is 2.27. The minimum Gasteiger partial charge on any atom is -0.352 e. The third-order valence-electron chi connectivity index (χ3n) is 3.93. The lowest BCUT2D eigenvalue weighted by atomic mass is 9.99. The molecule has 2 aromatic carbocycles. The molecule has 0 aromatic heterocycles. The molecule has 1 aliphatic heterocycles. The molecule has 4 nitrogen and oxygen atoms in total. The number of hydrogen-bond donors (Lipinski definition) is 1. The van der Waals surface area contributed by atoms with Crippen LogP contribution in [-0.4, -0.2) is 29.8 Å². The number of benzene rings is 2. The van der Waals surface area contributed by atoms with Gasteiger partial charge in [-0.3, -0.25) is 9.59 Å². The molecule has 5 heteroatoms. The summed E-state index contributed by atoms with van der Waals surface area (Å²) in [5, 5.41) is 2.86. The van der Waals surface area contributed by atoms with E-state index in [1.807, 2.05) is 49.4 Å². The Morgan fingerprint density at radius 1 is 1.22 bits per heavy atom. The van der Waals surface area contributed by atoms with E-state index in [-0.39, 0.29) is 11.8 Å². The molecule has 0 bridgehead atoms. The van der Waals surface area contributed by atoms with Crippen molar-refractivity contribution in [1.29, 1.82) is 0 Å². The predicted octanol–water partition coefficient (Wildman–Crippen LogP) is 3.07. The second-order valence-corrected chi connectivity index (χ2v) is 6.44. The first-order valence-electron chi connectivity index (χ1n) is 7.47. The van der Waals surface area contributed by atoms with Gasteiger partial charge >= 0.3 is 0 Å². The summed E-state index contributed by atoms with van der Waals surface area (Å²) in [6, 6.07) is 14.4. The first-order chi connectivity index (χ1) is 11.1. The lowest BCUT2D eigenvalue weighted by Crippen LogP contribution is -2.52. The van der Waals surface area contributed by atoms with Crippen LogP contribution in [0.2, 0.25) is 0 Å². The van der Waals surface area contributed by atoms with Crippen LogP contribution in [0.1, 0.15) is 27.5 Å². The highest BCUT2D eigenvalue weighted by molar-refractivity contribution is 9.10. The third-order valence-corrected chi connectivity index (χ3v) is 4.63. The number of rotatable bonds is 2. The standard InChI is InChI=1S/C18H17BrN2O2/c1-12-5-4-6-13(11-12)16-17(22)20-9-10-21(16)18(23)14-7-2-3-8-15(14)19/h2-8,11,16H,9-10H2,1H3,(H,20,22). The summed E-state index contributed by atoms with van der Waals surface area (Å²) in [6.07, 6.45) is 0. The summed E-state index contributed by atoms with van der Waals surface area (Å²) >= 11 is 3.42. The fourth-order valence-electron chi connectivity index (χ4n) is 2.85. The van der Waals surface area contributed by atoms with E-state index in [9.17, 15) is 9.59 Å². The maximum atomic E-state index is 13.0. The molecule has 118 valence electrons. The Bertz CT molecular complexity index is 760. The van der Waals surface area contributed by atoms with E-state index in [4.69, 9.17) is 0 Å². The molecule has 1 N–H and O–H groups in total. The number of carbonyl (C=O) groups is 2. The van der Waals surface area contributed by atoms with Crippen LogP contribution in [0.3, 0.4) is 0 Å². The molecule has 0 aliphatic carbocycles. The molecule has 2 amide bonds. The van der Waals surface area contributed by atoms with Crippen molar-refractivity contribution >= 4 is 27.7 Å². The fourth-order valence-corrected chi connectivity index (χ4v) is 3.30. The number of nitrogens with one attached hydrogen (secondary N) is 1. The van der Waals surface area contributed by atoms with Crippen molar-refractivity contribution in [2.45, 2.75) is 13.0 Å². The van der Waals surface area contributed by atoms with E-state index in [2.05, 4.69) is 21.2 Å². The minimum atomic E-state index is -0.594. The molecule has 0 saturated carbocycles. The summed E-state index contributed by atoms with van der Waals surface area (Å²) in [5.41, 5.74) is 2.47. The van der Waals surface area contributed by atoms with Crippen LogP contribution in [0.25, 0.3) is 0 Å². The molecule has 1 unspecified atom stereocenters. The summed E-state index contributed by atoms with van der Waals surface area (Å²) in [6.45, 7) is 2.94. The van der Waals surface area contributed by atoms with Crippen molar-refractivity contribution in [3.05, 3.63) is 69.7 Å². The Labute approximate surface area is 143 Å². The molecule has 1 atom stereocenters. The summed E-state index contributed by atoms with van der Waals surface area (Å²) in [4.78, 5) is 27.0. The average molecular weight is 373 g/mol. The number of aryl methyl sites for hydroxylation is 1. The Morgan fingerprint density at radius 2 is 2.00 bits per heavy atom.